The second kappa shape index (κ2) is 6.89. The first-order chi connectivity index (χ1) is 10.1. The number of carboxylic acid groups (broad SMARTS) is 1. The molecule has 1 aliphatic rings. The van der Waals surface area contributed by atoms with Gasteiger partial charge >= 0.3 is 5.97 Å². The molecule has 1 aromatic heterocycles. The van der Waals surface area contributed by atoms with Crippen LogP contribution in [0.3, 0.4) is 0 Å². The predicted molar refractivity (Wildman–Crippen MR) is 83.3 cm³/mol. The number of nitrogens with zero attached hydrogens (tertiary/aromatic N) is 1. The summed E-state index contributed by atoms with van der Waals surface area (Å²) in [5, 5.41) is 11.5. The number of aliphatic carboxylic acids is 1. The molecule has 0 aliphatic carbocycles. The maximum Gasteiger partial charge on any atom is 0.311 e. The van der Waals surface area contributed by atoms with Gasteiger partial charge in [0.05, 0.1) is 5.41 Å². The molecule has 1 unspecified atom stereocenters. The molecule has 0 saturated carbocycles. The molecule has 4 nitrogen and oxygen atoms in total. The summed E-state index contributed by atoms with van der Waals surface area (Å²) in [4.78, 5) is 26.8. The Morgan fingerprint density at radius 2 is 2.33 bits per heavy atom. The highest BCUT2D eigenvalue weighted by molar-refractivity contribution is 7.09. The van der Waals surface area contributed by atoms with Crippen molar-refractivity contribution in [2.24, 2.45) is 5.41 Å². The summed E-state index contributed by atoms with van der Waals surface area (Å²) in [6.45, 7) is 4.62. The highest BCUT2D eigenvalue weighted by atomic mass is 32.1. The van der Waals surface area contributed by atoms with Gasteiger partial charge in [-0.25, -0.2) is 0 Å². The quantitative estimate of drug-likeness (QED) is 0.822. The monoisotopic (exact) mass is 307 g/mol. The Morgan fingerprint density at radius 1 is 1.52 bits per heavy atom. The van der Waals surface area contributed by atoms with Gasteiger partial charge in [0.1, 0.15) is 0 Å². The Morgan fingerprint density at radius 3 is 2.95 bits per heavy atom. The maximum atomic E-state index is 12.3. The molecule has 5 heteroatoms. The zero-order valence-corrected chi connectivity index (χ0v) is 12.9. The summed E-state index contributed by atoms with van der Waals surface area (Å²) < 4.78 is 0. The van der Waals surface area contributed by atoms with E-state index in [1.54, 1.807) is 22.3 Å². The Hall–Kier alpha value is -1.62. The van der Waals surface area contributed by atoms with Crippen molar-refractivity contribution in [1.82, 2.24) is 4.90 Å². The van der Waals surface area contributed by atoms with E-state index in [1.165, 1.54) is 4.88 Å². The van der Waals surface area contributed by atoms with E-state index in [-0.39, 0.29) is 5.91 Å². The Bertz CT molecular complexity index is 512. The van der Waals surface area contributed by atoms with E-state index in [0.717, 1.165) is 12.8 Å². The minimum Gasteiger partial charge on any atom is -0.481 e. The van der Waals surface area contributed by atoms with Crippen LogP contribution >= 0.6 is 11.3 Å². The molecule has 0 spiro atoms. The van der Waals surface area contributed by atoms with Gasteiger partial charge in [0.15, 0.2) is 0 Å². The van der Waals surface area contributed by atoms with Crippen LogP contribution in [0.5, 0.6) is 0 Å². The standard InChI is InChI=1S/C16H21NO3S/c1-2-8-16(15(19)20)9-4-10-17(12-16)14(18)7-6-13-5-3-11-21-13/h2-3,5,11H,1,4,6-10,12H2,(H,19,20). The molecular weight excluding hydrogens is 286 g/mol. The number of rotatable bonds is 6. The lowest BCUT2D eigenvalue weighted by Gasteiger charge is -2.39. The molecule has 1 amide bonds. The van der Waals surface area contributed by atoms with E-state index in [2.05, 4.69) is 6.58 Å². The third-order valence-corrected chi connectivity index (χ3v) is 5.02. The van der Waals surface area contributed by atoms with Crippen molar-refractivity contribution < 1.29 is 14.7 Å². The van der Waals surface area contributed by atoms with Crippen LogP contribution in [0.15, 0.2) is 30.2 Å². The number of carbonyl (C=O) groups excluding carboxylic acids is 1. The van der Waals surface area contributed by atoms with Crippen LogP contribution < -0.4 is 0 Å². The van der Waals surface area contributed by atoms with Crippen LogP contribution in [0.25, 0.3) is 0 Å². The third-order valence-electron chi connectivity index (χ3n) is 4.08. The van der Waals surface area contributed by atoms with Crippen molar-refractivity contribution in [3.05, 3.63) is 35.0 Å². The lowest BCUT2D eigenvalue weighted by molar-refractivity contribution is -0.154. The third kappa shape index (κ3) is 3.73. The fraction of sp³-hybridized carbons (Fsp3) is 0.500. The average molecular weight is 307 g/mol. The number of hydrogen-bond donors (Lipinski definition) is 1. The molecule has 114 valence electrons. The Kier molecular flexibility index (Phi) is 5.17. The van der Waals surface area contributed by atoms with Gasteiger partial charge in [-0.2, -0.15) is 0 Å². The van der Waals surface area contributed by atoms with Crippen molar-refractivity contribution in [2.75, 3.05) is 13.1 Å². The van der Waals surface area contributed by atoms with Gasteiger partial charge in [-0.15, -0.1) is 17.9 Å². The van der Waals surface area contributed by atoms with Gasteiger partial charge in [0, 0.05) is 24.4 Å². The number of amides is 1. The van der Waals surface area contributed by atoms with Gasteiger partial charge in [-0.05, 0) is 37.1 Å². The molecule has 1 atom stereocenters. The molecule has 0 aromatic carbocycles. The number of aryl methyl sites for hydroxylation is 1. The molecule has 1 fully saturated rings. The molecule has 0 bridgehead atoms. The van der Waals surface area contributed by atoms with Crippen molar-refractivity contribution in [3.8, 4) is 0 Å². The molecule has 2 heterocycles. The van der Waals surface area contributed by atoms with Crippen molar-refractivity contribution >= 4 is 23.2 Å². The smallest absolute Gasteiger partial charge is 0.311 e. The van der Waals surface area contributed by atoms with Crippen LogP contribution in [-0.4, -0.2) is 35.0 Å². The van der Waals surface area contributed by atoms with Crippen LogP contribution in [0, 0.1) is 5.41 Å². The Balaban J connectivity index is 1.97. The summed E-state index contributed by atoms with van der Waals surface area (Å²) in [6.07, 6.45) is 4.59. The van der Waals surface area contributed by atoms with Gasteiger partial charge in [0.25, 0.3) is 0 Å². The number of carboxylic acids is 1. The zero-order valence-electron chi connectivity index (χ0n) is 12.1. The molecule has 1 N–H and O–H groups in total. The van der Waals surface area contributed by atoms with E-state index in [0.29, 0.717) is 32.4 Å². The summed E-state index contributed by atoms with van der Waals surface area (Å²) >= 11 is 1.65. The number of likely N-dealkylation sites (tertiary alicyclic amines) is 1. The summed E-state index contributed by atoms with van der Waals surface area (Å²) in [6, 6.07) is 4.00. The van der Waals surface area contributed by atoms with E-state index in [1.807, 2.05) is 17.5 Å². The minimum atomic E-state index is -0.849. The minimum absolute atomic E-state index is 0.0535. The van der Waals surface area contributed by atoms with Crippen LogP contribution in [0.4, 0.5) is 0 Å². The summed E-state index contributed by atoms with van der Waals surface area (Å²) in [5.41, 5.74) is -0.849. The first kappa shape index (κ1) is 15.8. The maximum absolute atomic E-state index is 12.3. The zero-order chi connectivity index (χ0) is 15.3. The predicted octanol–water partition coefficient (Wildman–Crippen LogP) is 2.95. The molecule has 2 rings (SSSR count). The van der Waals surface area contributed by atoms with Gasteiger partial charge in [-0.3, -0.25) is 9.59 Å². The molecule has 1 aliphatic heterocycles. The van der Waals surface area contributed by atoms with E-state index >= 15 is 0 Å². The number of hydrogen-bond acceptors (Lipinski definition) is 3. The van der Waals surface area contributed by atoms with E-state index in [4.69, 9.17) is 0 Å². The van der Waals surface area contributed by atoms with Crippen LogP contribution in [-0.2, 0) is 16.0 Å². The lowest BCUT2D eigenvalue weighted by atomic mass is 9.77. The fourth-order valence-electron chi connectivity index (χ4n) is 2.89. The highest BCUT2D eigenvalue weighted by Gasteiger charge is 2.42. The van der Waals surface area contributed by atoms with Crippen molar-refractivity contribution in [3.63, 3.8) is 0 Å². The average Bonchev–Trinajstić information content (AvgIpc) is 2.98. The molecule has 21 heavy (non-hydrogen) atoms. The highest BCUT2D eigenvalue weighted by Crippen LogP contribution is 2.34. The summed E-state index contributed by atoms with van der Waals surface area (Å²) in [5.74, 6) is -0.768. The second-order valence-corrected chi connectivity index (χ2v) is 6.61. The number of carbonyl (C=O) groups is 2. The number of thiophene rings is 1. The first-order valence-corrected chi connectivity index (χ1v) is 8.10. The lowest BCUT2D eigenvalue weighted by Crippen LogP contribution is -2.49. The largest absolute Gasteiger partial charge is 0.481 e. The van der Waals surface area contributed by atoms with Crippen LogP contribution in [0.2, 0.25) is 0 Å². The molecular formula is C16H21NO3S. The molecule has 1 saturated heterocycles. The van der Waals surface area contributed by atoms with Crippen molar-refractivity contribution in [2.45, 2.75) is 32.1 Å². The van der Waals surface area contributed by atoms with Gasteiger partial charge in [-0.1, -0.05) is 12.1 Å². The van der Waals surface area contributed by atoms with Crippen LogP contribution in [0.1, 0.15) is 30.6 Å². The van der Waals surface area contributed by atoms with Crippen molar-refractivity contribution in [1.29, 1.82) is 0 Å². The SMILES string of the molecule is C=CCC1(C(=O)O)CCCN(C(=O)CCc2cccs2)C1. The normalized spacial score (nSPS) is 22.0. The number of piperidine rings is 1. The van der Waals surface area contributed by atoms with E-state index in [9.17, 15) is 14.7 Å². The topological polar surface area (TPSA) is 57.6 Å². The number of allylic oxidation sites excluding steroid dienone is 1. The summed E-state index contributed by atoms with van der Waals surface area (Å²) in [7, 11) is 0. The van der Waals surface area contributed by atoms with Gasteiger partial charge in [0.2, 0.25) is 5.91 Å². The van der Waals surface area contributed by atoms with Gasteiger partial charge < -0.3 is 10.0 Å². The Labute approximate surface area is 129 Å². The molecule has 1 aromatic rings. The fourth-order valence-corrected chi connectivity index (χ4v) is 3.60. The second-order valence-electron chi connectivity index (χ2n) is 5.58. The first-order valence-electron chi connectivity index (χ1n) is 7.22. The van der Waals surface area contributed by atoms with E-state index < -0.39 is 11.4 Å². The molecule has 0 radical (unpaired) electrons.